The normalized spacial score (nSPS) is 27.9. The molecule has 1 aliphatic heterocycles. The van der Waals surface area contributed by atoms with Gasteiger partial charge in [0.2, 0.25) is 0 Å². The highest BCUT2D eigenvalue weighted by atomic mass is 15.2. The van der Waals surface area contributed by atoms with Crippen LogP contribution in [0.15, 0.2) is 115 Å². The van der Waals surface area contributed by atoms with Crippen LogP contribution in [0.1, 0.15) is 60.3 Å². The van der Waals surface area contributed by atoms with Crippen LogP contribution in [-0.4, -0.2) is 13.1 Å². The molecule has 4 aliphatic rings. The molecule has 0 bridgehead atoms. The summed E-state index contributed by atoms with van der Waals surface area (Å²) in [7, 11) is 2.35. The minimum Gasteiger partial charge on any atom is -0.370 e. The van der Waals surface area contributed by atoms with E-state index in [1.165, 1.54) is 54.5 Å². The van der Waals surface area contributed by atoms with Crippen molar-refractivity contribution in [2.24, 2.45) is 17.8 Å². The van der Waals surface area contributed by atoms with Gasteiger partial charge in [0.05, 0.1) is 0 Å². The topological polar surface area (TPSA) is 3.24 Å². The predicted molar refractivity (Wildman–Crippen MR) is 160 cm³/mol. The van der Waals surface area contributed by atoms with E-state index in [2.05, 4.69) is 128 Å². The van der Waals surface area contributed by atoms with Crippen molar-refractivity contribution in [2.45, 2.75) is 56.4 Å². The Morgan fingerprint density at radius 2 is 1.45 bits per heavy atom. The van der Waals surface area contributed by atoms with Crippen molar-refractivity contribution < 1.29 is 0 Å². The molecule has 1 nitrogen and oxygen atoms in total. The number of rotatable bonds is 4. The van der Waals surface area contributed by atoms with E-state index >= 15 is 0 Å². The summed E-state index contributed by atoms with van der Waals surface area (Å²) in [5.41, 5.74) is 8.79. The van der Waals surface area contributed by atoms with Gasteiger partial charge in [0.1, 0.15) is 0 Å². The van der Waals surface area contributed by atoms with Crippen LogP contribution in [0.2, 0.25) is 0 Å². The van der Waals surface area contributed by atoms with Crippen molar-refractivity contribution in [3.63, 3.8) is 0 Å². The van der Waals surface area contributed by atoms with Crippen LogP contribution in [-0.2, 0) is 5.41 Å². The number of hydrogen-bond donors (Lipinski definition) is 0. The summed E-state index contributed by atoms with van der Waals surface area (Å²) in [6.45, 7) is 2.26. The second-order valence-corrected chi connectivity index (χ2v) is 12.0. The number of fused-ring (bicyclic) bond motifs is 5. The van der Waals surface area contributed by atoms with Crippen molar-refractivity contribution in [2.75, 3.05) is 11.9 Å². The van der Waals surface area contributed by atoms with Gasteiger partial charge in [0.25, 0.3) is 0 Å². The number of aryl methyl sites for hydroxylation is 1. The van der Waals surface area contributed by atoms with Gasteiger partial charge in [-0.2, -0.15) is 0 Å². The Kier molecular flexibility index (Phi) is 5.91. The summed E-state index contributed by atoms with van der Waals surface area (Å²) in [5.74, 6) is 1.88. The first-order valence-corrected chi connectivity index (χ1v) is 14.7. The van der Waals surface area contributed by atoms with E-state index in [1.54, 1.807) is 11.1 Å². The predicted octanol–water partition coefficient (Wildman–Crippen LogP) is 8.76. The number of allylic oxidation sites excluding steroid dienone is 5. The second-order valence-electron chi connectivity index (χ2n) is 12.0. The molecule has 3 aromatic rings. The Balaban J connectivity index is 1.57. The third kappa shape index (κ3) is 3.44. The lowest BCUT2D eigenvalue weighted by Crippen LogP contribution is -2.43. The maximum absolute atomic E-state index is 2.66. The Bertz CT molecular complexity index is 1360. The molecule has 5 unspecified atom stereocenters. The smallest absolute Gasteiger partial charge is 0.0451 e. The van der Waals surface area contributed by atoms with Gasteiger partial charge in [0, 0.05) is 36.0 Å². The van der Waals surface area contributed by atoms with Crippen LogP contribution in [0.5, 0.6) is 0 Å². The summed E-state index contributed by atoms with van der Waals surface area (Å²) in [4.78, 5) is 2.63. The summed E-state index contributed by atoms with van der Waals surface area (Å²) in [6.07, 6.45) is 18.7. The van der Waals surface area contributed by atoms with Gasteiger partial charge in [-0.25, -0.2) is 0 Å². The highest BCUT2D eigenvalue weighted by Gasteiger charge is 2.62. The zero-order valence-electron chi connectivity index (χ0n) is 22.8. The van der Waals surface area contributed by atoms with E-state index in [4.69, 9.17) is 0 Å². The quantitative estimate of drug-likeness (QED) is 0.326. The summed E-state index contributed by atoms with van der Waals surface area (Å²) >= 11 is 0. The summed E-state index contributed by atoms with van der Waals surface area (Å²) in [5, 5.41) is 0. The average molecular weight is 498 g/mol. The highest BCUT2D eigenvalue weighted by molar-refractivity contribution is 5.66. The van der Waals surface area contributed by atoms with Crippen molar-refractivity contribution in [1.29, 1.82) is 0 Å². The first kappa shape index (κ1) is 23.8. The molecule has 0 radical (unpaired) electrons. The molecule has 1 heterocycles. The van der Waals surface area contributed by atoms with Crippen molar-refractivity contribution in [3.8, 4) is 0 Å². The lowest BCUT2D eigenvalue weighted by Gasteiger charge is -2.47. The minimum absolute atomic E-state index is 0.170. The second kappa shape index (κ2) is 9.45. The molecule has 3 aliphatic carbocycles. The van der Waals surface area contributed by atoms with E-state index < -0.39 is 0 Å². The molecule has 1 saturated carbocycles. The molecule has 1 heteroatoms. The molecule has 7 rings (SSSR count). The molecule has 38 heavy (non-hydrogen) atoms. The molecule has 0 N–H and O–H groups in total. The van der Waals surface area contributed by atoms with Gasteiger partial charge < -0.3 is 4.90 Å². The van der Waals surface area contributed by atoms with E-state index in [0.29, 0.717) is 29.7 Å². The first-order valence-electron chi connectivity index (χ1n) is 14.7. The Hall–Kier alpha value is -3.32. The number of benzene rings is 3. The minimum atomic E-state index is -0.170. The van der Waals surface area contributed by atoms with Crippen molar-refractivity contribution in [1.82, 2.24) is 0 Å². The maximum Gasteiger partial charge on any atom is 0.0451 e. The lowest BCUT2D eigenvalue weighted by atomic mass is 9.55. The molecule has 0 saturated heterocycles. The fraction of sp³-hybridized carbons (Fsp3) is 0.351. The zero-order valence-corrected chi connectivity index (χ0v) is 22.8. The SMILES string of the molecule is Cc1ccc2c(c1)C1C(C3C=CC=CC3C1C(C1=CCCCCC1)(c1ccccc1)c1ccccc1)N2C. The van der Waals surface area contributed by atoms with Crippen LogP contribution in [0, 0.1) is 24.7 Å². The number of likely N-dealkylation sites (N-methyl/N-ethyl adjacent to an activating group) is 1. The Morgan fingerprint density at radius 1 is 0.763 bits per heavy atom. The van der Waals surface area contributed by atoms with Crippen LogP contribution in [0.4, 0.5) is 5.69 Å². The van der Waals surface area contributed by atoms with Gasteiger partial charge >= 0.3 is 0 Å². The molecular formula is C37H39N. The largest absolute Gasteiger partial charge is 0.370 e. The van der Waals surface area contributed by atoms with E-state index in [1.807, 2.05) is 0 Å². The molecule has 0 amide bonds. The van der Waals surface area contributed by atoms with Gasteiger partial charge in [-0.05, 0) is 67.2 Å². The van der Waals surface area contributed by atoms with Gasteiger partial charge in [-0.1, -0.05) is 121 Å². The highest BCUT2D eigenvalue weighted by Crippen LogP contribution is 2.66. The summed E-state index contributed by atoms with van der Waals surface area (Å²) < 4.78 is 0. The standard InChI is InChI=1S/C37H39N/c1-26-23-24-33-32(25-26)34-35(30-21-13-14-22-31(30)36(34)38(33)2)37(28-17-9-5-10-18-28,29-19-11-6-12-20-29)27-15-7-3-4-8-16-27/h5-6,9-15,17-25,30-31,34-36H,3-4,7-8,16H2,1-2H3. The first-order chi connectivity index (χ1) is 18.7. The van der Waals surface area contributed by atoms with E-state index in [9.17, 15) is 0 Å². The van der Waals surface area contributed by atoms with Crippen LogP contribution in [0.3, 0.4) is 0 Å². The van der Waals surface area contributed by atoms with Gasteiger partial charge in [0.15, 0.2) is 0 Å². The Morgan fingerprint density at radius 3 is 2.16 bits per heavy atom. The fourth-order valence-corrected chi connectivity index (χ4v) is 8.80. The molecule has 192 valence electrons. The third-order valence-electron chi connectivity index (χ3n) is 10.2. The summed E-state index contributed by atoms with van der Waals surface area (Å²) in [6, 6.07) is 30.8. The lowest BCUT2D eigenvalue weighted by molar-refractivity contribution is 0.277. The molecular weight excluding hydrogens is 458 g/mol. The van der Waals surface area contributed by atoms with Crippen LogP contribution >= 0.6 is 0 Å². The monoisotopic (exact) mass is 497 g/mol. The van der Waals surface area contributed by atoms with Crippen LogP contribution in [0.25, 0.3) is 0 Å². The average Bonchev–Trinajstić information content (AvgIpc) is 3.27. The molecule has 5 atom stereocenters. The molecule has 0 aromatic heterocycles. The molecule has 0 spiro atoms. The Labute approximate surface area is 228 Å². The van der Waals surface area contributed by atoms with Crippen molar-refractivity contribution >= 4 is 5.69 Å². The number of nitrogens with zero attached hydrogens (tertiary/aromatic N) is 1. The zero-order chi connectivity index (χ0) is 25.7. The van der Waals surface area contributed by atoms with Gasteiger partial charge in [-0.15, -0.1) is 0 Å². The molecule has 1 fully saturated rings. The fourth-order valence-electron chi connectivity index (χ4n) is 8.80. The number of hydrogen-bond acceptors (Lipinski definition) is 1. The van der Waals surface area contributed by atoms with Crippen molar-refractivity contribution in [3.05, 3.63) is 137 Å². The van der Waals surface area contributed by atoms with E-state index in [0.717, 1.165) is 0 Å². The van der Waals surface area contributed by atoms with Crippen LogP contribution < -0.4 is 4.90 Å². The maximum atomic E-state index is 2.66. The molecule has 3 aromatic carbocycles. The number of anilines is 1. The van der Waals surface area contributed by atoms with E-state index in [-0.39, 0.29) is 5.41 Å². The third-order valence-corrected chi connectivity index (χ3v) is 10.2. The van der Waals surface area contributed by atoms with Gasteiger partial charge in [-0.3, -0.25) is 0 Å².